The van der Waals surface area contributed by atoms with Crippen molar-refractivity contribution in [3.05, 3.63) is 48.8 Å². The van der Waals surface area contributed by atoms with Crippen LogP contribution in [0.5, 0.6) is 11.8 Å². The molecule has 6 nitrogen and oxygen atoms in total. The summed E-state index contributed by atoms with van der Waals surface area (Å²) in [6, 6.07) is 11.0. The molecular formula is C16H14N4O2. The van der Waals surface area contributed by atoms with E-state index in [1.54, 1.807) is 38.7 Å². The van der Waals surface area contributed by atoms with Gasteiger partial charge in [-0.05, 0) is 12.1 Å². The molecule has 110 valence electrons. The number of hydrogen-bond acceptors (Lipinski definition) is 6. The minimum atomic E-state index is 0.532. The Morgan fingerprint density at radius 2 is 1.14 bits per heavy atom. The molecule has 0 fully saturated rings. The Kier molecular flexibility index (Phi) is 3.91. The van der Waals surface area contributed by atoms with Gasteiger partial charge in [-0.3, -0.25) is 4.98 Å². The first-order chi connectivity index (χ1) is 10.8. The number of pyridine rings is 2. The maximum atomic E-state index is 5.13. The summed E-state index contributed by atoms with van der Waals surface area (Å²) in [5, 5.41) is 0. The zero-order valence-electron chi connectivity index (χ0n) is 12.2. The third-order valence-electron chi connectivity index (χ3n) is 3.02. The van der Waals surface area contributed by atoms with Crippen LogP contribution in [0.3, 0.4) is 0 Å². The molecule has 0 aliphatic rings. The third-order valence-corrected chi connectivity index (χ3v) is 3.02. The van der Waals surface area contributed by atoms with Crippen LogP contribution in [-0.4, -0.2) is 34.2 Å². The number of aromatic nitrogens is 4. The highest BCUT2D eigenvalue weighted by atomic mass is 16.5. The normalized spacial score (nSPS) is 10.3. The molecule has 0 atom stereocenters. The van der Waals surface area contributed by atoms with Crippen molar-refractivity contribution in [2.24, 2.45) is 0 Å². The summed E-state index contributed by atoms with van der Waals surface area (Å²) in [4.78, 5) is 17.5. The standard InChI is InChI=1S/C16H14N4O2/c1-21-15-7-3-5-11(19-15)13-9-17-10-14(18-13)12-6-4-8-16(20-12)22-2/h3-10H,1-2H3. The van der Waals surface area contributed by atoms with E-state index >= 15 is 0 Å². The lowest BCUT2D eigenvalue weighted by molar-refractivity contribution is 0.398. The van der Waals surface area contributed by atoms with Crippen LogP contribution in [0.2, 0.25) is 0 Å². The van der Waals surface area contributed by atoms with E-state index in [9.17, 15) is 0 Å². The second-order valence-corrected chi connectivity index (χ2v) is 4.42. The van der Waals surface area contributed by atoms with Crippen LogP contribution in [0.15, 0.2) is 48.8 Å². The molecule has 0 radical (unpaired) electrons. The van der Waals surface area contributed by atoms with Crippen molar-refractivity contribution in [2.75, 3.05) is 14.2 Å². The maximum Gasteiger partial charge on any atom is 0.213 e. The van der Waals surface area contributed by atoms with E-state index in [0.717, 1.165) is 0 Å². The molecule has 0 saturated carbocycles. The largest absolute Gasteiger partial charge is 0.481 e. The van der Waals surface area contributed by atoms with Gasteiger partial charge in [-0.15, -0.1) is 0 Å². The number of nitrogens with zero attached hydrogens (tertiary/aromatic N) is 4. The summed E-state index contributed by atoms with van der Waals surface area (Å²) in [6.07, 6.45) is 3.32. The van der Waals surface area contributed by atoms with Crippen molar-refractivity contribution >= 4 is 0 Å². The Hall–Kier alpha value is -3.02. The van der Waals surface area contributed by atoms with Crippen LogP contribution in [0.25, 0.3) is 22.8 Å². The molecule has 0 aliphatic heterocycles. The van der Waals surface area contributed by atoms with Crippen LogP contribution < -0.4 is 9.47 Å². The Balaban J connectivity index is 2.01. The van der Waals surface area contributed by atoms with Crippen LogP contribution in [0.1, 0.15) is 0 Å². The Morgan fingerprint density at radius 1 is 0.636 bits per heavy atom. The second kappa shape index (κ2) is 6.17. The van der Waals surface area contributed by atoms with Crippen LogP contribution in [0.4, 0.5) is 0 Å². The second-order valence-electron chi connectivity index (χ2n) is 4.42. The molecule has 0 bridgehead atoms. The molecule has 22 heavy (non-hydrogen) atoms. The Labute approximate surface area is 127 Å². The number of hydrogen-bond donors (Lipinski definition) is 0. The maximum absolute atomic E-state index is 5.13. The summed E-state index contributed by atoms with van der Waals surface area (Å²) in [7, 11) is 3.16. The van der Waals surface area contributed by atoms with E-state index in [4.69, 9.17) is 9.47 Å². The van der Waals surface area contributed by atoms with E-state index in [-0.39, 0.29) is 0 Å². The molecule has 3 rings (SSSR count). The minimum Gasteiger partial charge on any atom is -0.481 e. The lowest BCUT2D eigenvalue weighted by Gasteiger charge is -2.06. The van der Waals surface area contributed by atoms with Gasteiger partial charge < -0.3 is 9.47 Å². The van der Waals surface area contributed by atoms with Gasteiger partial charge in [-0.25, -0.2) is 15.0 Å². The number of ether oxygens (including phenoxy) is 2. The van der Waals surface area contributed by atoms with E-state index < -0.39 is 0 Å². The SMILES string of the molecule is COc1cccc(-c2cncc(-c3cccc(OC)n3)n2)n1. The molecule has 0 saturated heterocycles. The summed E-state index contributed by atoms with van der Waals surface area (Å²) < 4.78 is 10.3. The van der Waals surface area contributed by atoms with E-state index in [1.807, 2.05) is 24.3 Å². The highest BCUT2D eigenvalue weighted by Gasteiger charge is 2.08. The summed E-state index contributed by atoms with van der Waals surface area (Å²) >= 11 is 0. The van der Waals surface area contributed by atoms with Crippen molar-refractivity contribution in [1.82, 2.24) is 19.9 Å². The van der Waals surface area contributed by atoms with Gasteiger partial charge in [-0.1, -0.05) is 12.1 Å². The topological polar surface area (TPSA) is 70.0 Å². The molecule has 3 aromatic heterocycles. The number of rotatable bonds is 4. The van der Waals surface area contributed by atoms with Gasteiger partial charge in [0.25, 0.3) is 0 Å². The summed E-state index contributed by atoms with van der Waals surface area (Å²) in [5.41, 5.74) is 2.69. The zero-order chi connectivity index (χ0) is 15.4. The number of methoxy groups -OCH3 is 2. The minimum absolute atomic E-state index is 0.532. The quantitative estimate of drug-likeness (QED) is 0.736. The molecule has 3 heterocycles. The van der Waals surface area contributed by atoms with Gasteiger partial charge in [0.1, 0.15) is 11.4 Å². The van der Waals surface area contributed by atoms with Gasteiger partial charge in [-0.2, -0.15) is 0 Å². The van der Waals surface area contributed by atoms with Crippen molar-refractivity contribution < 1.29 is 9.47 Å². The molecular weight excluding hydrogens is 280 g/mol. The van der Waals surface area contributed by atoms with E-state index in [0.29, 0.717) is 34.5 Å². The fraction of sp³-hybridized carbons (Fsp3) is 0.125. The smallest absolute Gasteiger partial charge is 0.213 e. The van der Waals surface area contributed by atoms with E-state index in [2.05, 4.69) is 19.9 Å². The van der Waals surface area contributed by atoms with Crippen LogP contribution in [-0.2, 0) is 0 Å². The van der Waals surface area contributed by atoms with Gasteiger partial charge >= 0.3 is 0 Å². The zero-order valence-corrected chi connectivity index (χ0v) is 12.2. The van der Waals surface area contributed by atoms with Crippen LogP contribution in [0, 0.1) is 0 Å². The van der Waals surface area contributed by atoms with Crippen molar-refractivity contribution in [1.29, 1.82) is 0 Å². The first kappa shape index (κ1) is 13.9. The predicted molar refractivity (Wildman–Crippen MR) is 81.6 cm³/mol. The highest BCUT2D eigenvalue weighted by molar-refractivity contribution is 5.60. The fourth-order valence-corrected chi connectivity index (χ4v) is 1.96. The Bertz CT molecular complexity index is 730. The molecule has 0 aromatic carbocycles. The summed E-state index contributed by atoms with van der Waals surface area (Å²) in [5.74, 6) is 1.06. The van der Waals surface area contributed by atoms with Gasteiger partial charge in [0.2, 0.25) is 11.8 Å². The first-order valence-corrected chi connectivity index (χ1v) is 6.65. The van der Waals surface area contributed by atoms with Crippen molar-refractivity contribution in [3.8, 4) is 34.5 Å². The lowest BCUT2D eigenvalue weighted by Crippen LogP contribution is -1.96. The fourth-order valence-electron chi connectivity index (χ4n) is 1.96. The van der Waals surface area contributed by atoms with Crippen LogP contribution >= 0.6 is 0 Å². The molecule has 0 unspecified atom stereocenters. The van der Waals surface area contributed by atoms with E-state index in [1.165, 1.54) is 0 Å². The predicted octanol–water partition coefficient (Wildman–Crippen LogP) is 2.62. The third kappa shape index (κ3) is 2.85. The Morgan fingerprint density at radius 3 is 1.59 bits per heavy atom. The first-order valence-electron chi connectivity index (χ1n) is 6.65. The molecule has 3 aromatic rings. The molecule has 0 amide bonds. The summed E-state index contributed by atoms with van der Waals surface area (Å²) in [6.45, 7) is 0. The molecule has 0 aliphatic carbocycles. The van der Waals surface area contributed by atoms with Gasteiger partial charge in [0.05, 0.1) is 38.0 Å². The average Bonchev–Trinajstić information content (AvgIpc) is 2.62. The average molecular weight is 294 g/mol. The van der Waals surface area contributed by atoms with Gasteiger partial charge in [0, 0.05) is 12.1 Å². The molecule has 0 spiro atoms. The van der Waals surface area contributed by atoms with Gasteiger partial charge in [0.15, 0.2) is 0 Å². The highest BCUT2D eigenvalue weighted by Crippen LogP contribution is 2.21. The van der Waals surface area contributed by atoms with Crippen molar-refractivity contribution in [3.63, 3.8) is 0 Å². The lowest BCUT2D eigenvalue weighted by atomic mass is 10.2. The molecule has 0 N–H and O–H groups in total. The monoisotopic (exact) mass is 294 g/mol. The van der Waals surface area contributed by atoms with Crippen molar-refractivity contribution in [2.45, 2.75) is 0 Å². The molecule has 6 heteroatoms.